The van der Waals surface area contributed by atoms with E-state index in [4.69, 9.17) is 33.4 Å². The molecule has 0 bridgehead atoms. The van der Waals surface area contributed by atoms with Gasteiger partial charge >= 0.3 is 0 Å². The first-order valence-corrected chi connectivity index (χ1v) is 16.8. The molecule has 12 nitrogen and oxygen atoms in total. The van der Waals surface area contributed by atoms with E-state index in [0.29, 0.717) is 58.2 Å². The summed E-state index contributed by atoms with van der Waals surface area (Å²) in [7, 11) is 0. The Kier molecular flexibility index (Phi) is 17.3. The van der Waals surface area contributed by atoms with Crippen LogP contribution in [0.1, 0.15) is 74.1 Å². The van der Waals surface area contributed by atoms with Gasteiger partial charge in [-0.15, -0.1) is 0 Å². The van der Waals surface area contributed by atoms with Crippen LogP contribution >= 0.6 is 0 Å². The number of benzene rings is 2. The maximum atomic E-state index is 14.0. The smallest absolute Gasteiger partial charge is 0.224 e. The van der Waals surface area contributed by atoms with Gasteiger partial charge in [-0.25, -0.2) is 0 Å². The number of nitrogens with two attached hydrogens (primary N) is 5. The van der Waals surface area contributed by atoms with E-state index >= 15 is 0 Å². The fourth-order valence-electron chi connectivity index (χ4n) is 5.76. The molecule has 0 radical (unpaired) electrons. The van der Waals surface area contributed by atoms with Gasteiger partial charge in [0, 0.05) is 31.2 Å². The highest BCUT2D eigenvalue weighted by molar-refractivity contribution is 5.94. The zero-order chi connectivity index (χ0) is 35.6. The van der Waals surface area contributed by atoms with Crippen LogP contribution in [0.5, 0.6) is 5.75 Å². The van der Waals surface area contributed by atoms with Crippen molar-refractivity contribution in [2.45, 2.75) is 90.6 Å². The van der Waals surface area contributed by atoms with Gasteiger partial charge in [0.15, 0.2) is 11.7 Å². The van der Waals surface area contributed by atoms with Crippen LogP contribution in [0.4, 0.5) is 0 Å². The molecule has 0 saturated carbocycles. The fraction of sp³-hybridized carbons (Fsp3) is 0.528. The quantitative estimate of drug-likeness (QED) is 0.0579. The van der Waals surface area contributed by atoms with E-state index in [1.165, 1.54) is 0 Å². The van der Waals surface area contributed by atoms with Crippen molar-refractivity contribution in [3.63, 3.8) is 0 Å². The molecule has 2 amide bonds. The highest BCUT2D eigenvalue weighted by Crippen LogP contribution is 2.26. The van der Waals surface area contributed by atoms with Crippen molar-refractivity contribution in [3.8, 4) is 5.75 Å². The van der Waals surface area contributed by atoms with Gasteiger partial charge in [0.05, 0.1) is 18.7 Å². The summed E-state index contributed by atoms with van der Waals surface area (Å²) in [6.45, 7) is 7.06. The number of nitrogens with zero attached hydrogens (tertiary/aromatic N) is 1. The number of rotatable bonds is 23. The lowest BCUT2D eigenvalue weighted by Gasteiger charge is -2.25. The van der Waals surface area contributed by atoms with E-state index in [1.807, 2.05) is 63.2 Å². The number of aliphatic imine (C=N–C) groups is 1. The summed E-state index contributed by atoms with van der Waals surface area (Å²) in [5.41, 5.74) is 32.1. The molecule has 4 atom stereocenters. The van der Waals surface area contributed by atoms with Gasteiger partial charge in [-0.1, -0.05) is 30.3 Å². The van der Waals surface area contributed by atoms with Crippen LogP contribution in [-0.2, 0) is 32.0 Å². The maximum absolute atomic E-state index is 14.0. The standard InChI is InChI=1S/C36H55N7O5/c1-4-48-28-17-23(2)29(24(3)18-28)20-27(22-32(44)30(38)13-10-16-42-36(40)41)35(47)43-31(14-8-9-15-37)33(45)21-26(34(39)46)19-25-11-6-5-7-12-25/h5-7,11-12,17-18,26-27,30-31H,4,8-10,13-16,19-22,37-38H2,1-3H3,(H2,39,46)(H,43,47)(H4,40,41,42)/t26-,27-,30-,31+/m1/s1. The highest BCUT2D eigenvalue weighted by Gasteiger charge is 2.31. The third kappa shape index (κ3) is 13.8. The summed E-state index contributed by atoms with van der Waals surface area (Å²) < 4.78 is 5.69. The number of carbonyl (C=O) groups is 4. The third-order valence-electron chi connectivity index (χ3n) is 8.46. The zero-order valence-electron chi connectivity index (χ0n) is 28.7. The SMILES string of the molecule is CCOc1cc(C)c(C[C@H](CC(=O)[C@H](N)CCCN=C(N)N)C(=O)N[C@@H](CCCCN)C(=O)C[C@@H](Cc2ccccc2)C(N)=O)c(C)c1. The van der Waals surface area contributed by atoms with Gasteiger partial charge in [-0.3, -0.25) is 24.2 Å². The van der Waals surface area contributed by atoms with Crippen molar-refractivity contribution in [2.24, 2.45) is 45.5 Å². The number of amides is 2. The van der Waals surface area contributed by atoms with Crippen LogP contribution in [-0.4, -0.2) is 61.1 Å². The Morgan fingerprint density at radius 1 is 0.854 bits per heavy atom. The summed E-state index contributed by atoms with van der Waals surface area (Å²) in [6, 6.07) is 11.5. The number of unbranched alkanes of at least 4 members (excludes halogenated alkanes) is 1. The Bertz CT molecular complexity index is 1360. The first kappa shape index (κ1) is 39.9. The molecule has 2 aromatic carbocycles. The lowest BCUT2D eigenvalue weighted by atomic mass is 9.86. The molecule has 0 spiro atoms. The number of aryl methyl sites for hydroxylation is 2. The Balaban J connectivity index is 2.33. The minimum atomic E-state index is -0.880. The summed E-state index contributed by atoms with van der Waals surface area (Å²) in [5, 5.41) is 2.94. The van der Waals surface area contributed by atoms with Crippen molar-refractivity contribution in [1.82, 2.24) is 5.32 Å². The molecular weight excluding hydrogens is 610 g/mol. The second-order valence-corrected chi connectivity index (χ2v) is 12.4. The molecule has 2 aromatic rings. The van der Waals surface area contributed by atoms with Crippen molar-refractivity contribution >= 4 is 29.3 Å². The van der Waals surface area contributed by atoms with Crippen LogP contribution < -0.4 is 38.7 Å². The van der Waals surface area contributed by atoms with E-state index in [2.05, 4.69) is 10.3 Å². The Morgan fingerprint density at radius 3 is 2.08 bits per heavy atom. The third-order valence-corrected chi connectivity index (χ3v) is 8.46. The largest absolute Gasteiger partial charge is 0.494 e. The summed E-state index contributed by atoms with van der Waals surface area (Å²) in [6.07, 6.45) is 2.75. The Labute approximate surface area is 284 Å². The molecule has 0 aliphatic carbocycles. The number of primary amides is 1. The van der Waals surface area contributed by atoms with E-state index in [1.54, 1.807) is 0 Å². The molecule has 11 N–H and O–H groups in total. The van der Waals surface area contributed by atoms with Crippen molar-refractivity contribution in [2.75, 3.05) is 19.7 Å². The van der Waals surface area contributed by atoms with Gasteiger partial charge in [-0.05, 0) is 107 Å². The predicted molar refractivity (Wildman–Crippen MR) is 189 cm³/mol. The molecule has 0 saturated heterocycles. The number of nitrogens with one attached hydrogen (secondary N) is 1. The molecule has 0 aliphatic rings. The average molecular weight is 666 g/mol. The van der Waals surface area contributed by atoms with E-state index in [0.717, 1.165) is 28.0 Å². The van der Waals surface area contributed by atoms with Crippen LogP contribution in [0.25, 0.3) is 0 Å². The number of ketones is 2. The van der Waals surface area contributed by atoms with E-state index in [9.17, 15) is 19.2 Å². The van der Waals surface area contributed by atoms with E-state index in [-0.39, 0.29) is 36.8 Å². The average Bonchev–Trinajstić information content (AvgIpc) is 3.03. The van der Waals surface area contributed by atoms with Crippen LogP contribution in [0, 0.1) is 25.7 Å². The molecule has 0 unspecified atom stereocenters. The van der Waals surface area contributed by atoms with Gasteiger partial charge in [-0.2, -0.15) is 0 Å². The number of hydrogen-bond acceptors (Lipinski definition) is 8. The van der Waals surface area contributed by atoms with Crippen molar-refractivity contribution < 1.29 is 23.9 Å². The van der Waals surface area contributed by atoms with Gasteiger partial charge in [0.2, 0.25) is 11.8 Å². The summed E-state index contributed by atoms with van der Waals surface area (Å²) in [5.74, 6) is -2.45. The maximum Gasteiger partial charge on any atom is 0.224 e. The number of guanidine groups is 1. The molecular formula is C36H55N7O5. The molecule has 0 heterocycles. The molecule has 2 rings (SSSR count). The van der Waals surface area contributed by atoms with Gasteiger partial charge < -0.3 is 38.7 Å². The van der Waals surface area contributed by atoms with Crippen molar-refractivity contribution in [1.29, 1.82) is 0 Å². The lowest BCUT2D eigenvalue weighted by Crippen LogP contribution is -2.46. The predicted octanol–water partition coefficient (Wildman–Crippen LogP) is 2.12. The number of ether oxygens (including phenoxy) is 1. The first-order valence-electron chi connectivity index (χ1n) is 16.8. The fourth-order valence-corrected chi connectivity index (χ4v) is 5.76. The molecule has 264 valence electrons. The monoisotopic (exact) mass is 665 g/mol. The Hall–Kier alpha value is -4.29. The van der Waals surface area contributed by atoms with Crippen LogP contribution in [0.3, 0.4) is 0 Å². The molecule has 12 heteroatoms. The Morgan fingerprint density at radius 2 is 1.50 bits per heavy atom. The lowest BCUT2D eigenvalue weighted by molar-refractivity contribution is -0.133. The molecule has 0 aromatic heterocycles. The first-order chi connectivity index (χ1) is 22.9. The zero-order valence-corrected chi connectivity index (χ0v) is 28.7. The van der Waals surface area contributed by atoms with Crippen LogP contribution in [0.2, 0.25) is 0 Å². The van der Waals surface area contributed by atoms with Crippen molar-refractivity contribution in [3.05, 3.63) is 64.7 Å². The highest BCUT2D eigenvalue weighted by atomic mass is 16.5. The van der Waals surface area contributed by atoms with Crippen LogP contribution in [0.15, 0.2) is 47.5 Å². The number of Topliss-reactive ketones (excluding diaryl/α,β-unsaturated/α-hetero) is 2. The molecule has 0 fully saturated rings. The molecule has 48 heavy (non-hydrogen) atoms. The summed E-state index contributed by atoms with van der Waals surface area (Å²) in [4.78, 5) is 57.4. The second-order valence-electron chi connectivity index (χ2n) is 12.4. The number of hydrogen-bond donors (Lipinski definition) is 6. The normalized spacial score (nSPS) is 13.5. The van der Waals surface area contributed by atoms with Gasteiger partial charge in [0.25, 0.3) is 0 Å². The number of carbonyl (C=O) groups excluding carboxylic acids is 4. The molecule has 0 aliphatic heterocycles. The topological polar surface area (TPSA) is 232 Å². The minimum absolute atomic E-state index is 0.0366. The van der Waals surface area contributed by atoms with Gasteiger partial charge in [0.1, 0.15) is 11.5 Å². The summed E-state index contributed by atoms with van der Waals surface area (Å²) >= 11 is 0. The van der Waals surface area contributed by atoms with E-state index < -0.39 is 35.7 Å². The second kappa shape index (κ2) is 20.8. The minimum Gasteiger partial charge on any atom is -0.494 e.